The summed E-state index contributed by atoms with van der Waals surface area (Å²) in [4.78, 5) is 12.0. The fourth-order valence-corrected chi connectivity index (χ4v) is 2.89. The fraction of sp³-hybridized carbons (Fsp3) is 0.316. The number of alkyl halides is 3. The number of carbonyl (C=O) groups excluding carboxylic acids is 1. The quantitative estimate of drug-likeness (QED) is 0.671. The summed E-state index contributed by atoms with van der Waals surface area (Å²) < 4.78 is 42.6. The number of hydrogen-bond acceptors (Lipinski definition) is 3. The van der Waals surface area contributed by atoms with Crippen molar-refractivity contribution in [2.75, 3.05) is 13.1 Å². The summed E-state index contributed by atoms with van der Waals surface area (Å²) in [5.41, 5.74) is 1.28. The zero-order valence-corrected chi connectivity index (χ0v) is 13.5. The van der Waals surface area contributed by atoms with Crippen molar-refractivity contribution in [2.45, 2.75) is 24.9 Å². The molecular weight excluding hydrogens is 331 g/mol. The molecule has 1 atom stereocenters. The third kappa shape index (κ3) is 4.60. The lowest BCUT2D eigenvalue weighted by Crippen LogP contribution is -2.12. The van der Waals surface area contributed by atoms with Gasteiger partial charge in [-0.05, 0) is 54.3 Å². The lowest BCUT2D eigenvalue weighted by atomic mass is 9.97. The van der Waals surface area contributed by atoms with E-state index in [0.717, 1.165) is 49.3 Å². The van der Waals surface area contributed by atoms with E-state index in [1.165, 1.54) is 5.56 Å². The molecule has 0 radical (unpaired) electrons. The molecule has 0 bridgehead atoms. The Morgan fingerprint density at radius 1 is 1.08 bits per heavy atom. The van der Waals surface area contributed by atoms with Crippen LogP contribution in [0.3, 0.4) is 0 Å². The maximum atomic E-state index is 12.5. The fourth-order valence-electron chi connectivity index (χ4n) is 2.89. The van der Waals surface area contributed by atoms with Crippen molar-refractivity contribution in [1.82, 2.24) is 5.32 Å². The summed E-state index contributed by atoms with van der Waals surface area (Å²) in [7, 11) is 0. The van der Waals surface area contributed by atoms with Gasteiger partial charge in [-0.25, -0.2) is 0 Å². The van der Waals surface area contributed by atoms with Gasteiger partial charge >= 0.3 is 12.1 Å². The second-order valence-electron chi connectivity index (χ2n) is 6.10. The average Bonchev–Trinajstić information content (AvgIpc) is 3.09. The van der Waals surface area contributed by atoms with Crippen LogP contribution in [-0.4, -0.2) is 19.1 Å². The summed E-state index contributed by atoms with van der Waals surface area (Å²) in [6.45, 7) is 1.99. The van der Waals surface area contributed by atoms with Crippen molar-refractivity contribution in [3.05, 3.63) is 65.2 Å². The first-order valence-electron chi connectivity index (χ1n) is 8.09. The molecule has 1 N–H and O–H groups in total. The molecule has 0 aromatic heterocycles. The van der Waals surface area contributed by atoms with Gasteiger partial charge in [0, 0.05) is 6.54 Å². The van der Waals surface area contributed by atoms with E-state index in [-0.39, 0.29) is 12.2 Å². The SMILES string of the molecule is O=C(Cc1ccc(C2CCNC2)cc1)Oc1ccc(C(F)(F)F)cc1. The number of carbonyl (C=O) groups is 1. The van der Waals surface area contributed by atoms with Gasteiger partial charge in [-0.3, -0.25) is 4.79 Å². The van der Waals surface area contributed by atoms with Crippen molar-refractivity contribution >= 4 is 5.97 Å². The molecule has 3 nitrogen and oxygen atoms in total. The highest BCUT2D eigenvalue weighted by Crippen LogP contribution is 2.30. The van der Waals surface area contributed by atoms with Gasteiger partial charge in [-0.1, -0.05) is 24.3 Å². The van der Waals surface area contributed by atoms with Crippen LogP contribution in [-0.2, 0) is 17.4 Å². The number of benzene rings is 2. The Balaban J connectivity index is 1.57. The van der Waals surface area contributed by atoms with E-state index in [0.29, 0.717) is 5.92 Å². The summed E-state index contributed by atoms with van der Waals surface area (Å²) >= 11 is 0. The molecule has 1 aliphatic rings. The van der Waals surface area contributed by atoms with Gasteiger partial charge < -0.3 is 10.1 Å². The van der Waals surface area contributed by atoms with E-state index in [1.807, 2.05) is 24.3 Å². The van der Waals surface area contributed by atoms with Gasteiger partial charge in [0.1, 0.15) is 5.75 Å². The highest BCUT2D eigenvalue weighted by atomic mass is 19.4. The number of rotatable bonds is 4. The highest BCUT2D eigenvalue weighted by molar-refractivity contribution is 5.75. The van der Waals surface area contributed by atoms with Crippen molar-refractivity contribution in [2.24, 2.45) is 0 Å². The number of nitrogens with one attached hydrogen (secondary N) is 1. The molecule has 1 fully saturated rings. The van der Waals surface area contributed by atoms with E-state index in [4.69, 9.17) is 4.74 Å². The zero-order chi connectivity index (χ0) is 17.9. The van der Waals surface area contributed by atoms with Crippen molar-refractivity contribution in [3.8, 4) is 5.75 Å². The number of ether oxygens (including phenoxy) is 1. The molecule has 2 aromatic carbocycles. The molecule has 6 heteroatoms. The first kappa shape index (κ1) is 17.5. The highest BCUT2D eigenvalue weighted by Gasteiger charge is 2.30. The van der Waals surface area contributed by atoms with Gasteiger partial charge in [0.15, 0.2) is 0 Å². The Hall–Kier alpha value is -2.34. The van der Waals surface area contributed by atoms with Crippen LogP contribution in [0.25, 0.3) is 0 Å². The van der Waals surface area contributed by atoms with E-state index < -0.39 is 17.7 Å². The monoisotopic (exact) mass is 349 g/mol. The van der Waals surface area contributed by atoms with E-state index in [2.05, 4.69) is 5.32 Å². The minimum atomic E-state index is -4.40. The molecule has 0 saturated carbocycles. The minimum Gasteiger partial charge on any atom is -0.426 e. The molecule has 0 amide bonds. The number of halogens is 3. The van der Waals surface area contributed by atoms with Gasteiger partial charge in [0.05, 0.1) is 12.0 Å². The first-order chi connectivity index (χ1) is 11.9. The molecule has 1 saturated heterocycles. The molecule has 1 aliphatic heterocycles. The Kier molecular flexibility index (Phi) is 5.08. The summed E-state index contributed by atoms with van der Waals surface area (Å²) in [6.07, 6.45) is -3.22. The third-order valence-corrected chi connectivity index (χ3v) is 4.27. The van der Waals surface area contributed by atoms with Crippen LogP contribution in [0.2, 0.25) is 0 Å². The maximum Gasteiger partial charge on any atom is 0.416 e. The van der Waals surface area contributed by atoms with Crippen molar-refractivity contribution < 1.29 is 22.7 Å². The summed E-state index contributed by atoms with van der Waals surface area (Å²) in [6, 6.07) is 11.9. The lowest BCUT2D eigenvalue weighted by molar-refractivity contribution is -0.137. The molecule has 1 unspecified atom stereocenters. The molecule has 25 heavy (non-hydrogen) atoms. The van der Waals surface area contributed by atoms with E-state index >= 15 is 0 Å². The summed E-state index contributed by atoms with van der Waals surface area (Å²) in [5.74, 6) is 0.106. The number of esters is 1. The molecule has 2 aromatic rings. The van der Waals surface area contributed by atoms with Gasteiger partial charge in [-0.2, -0.15) is 13.2 Å². The lowest BCUT2D eigenvalue weighted by Gasteiger charge is -2.10. The largest absolute Gasteiger partial charge is 0.426 e. The third-order valence-electron chi connectivity index (χ3n) is 4.27. The Labute approximate surface area is 143 Å². The van der Waals surface area contributed by atoms with Crippen molar-refractivity contribution in [1.29, 1.82) is 0 Å². The predicted octanol–water partition coefficient (Wildman–Crippen LogP) is 3.93. The standard InChI is InChI=1S/C19H18F3NO2/c20-19(21,22)16-5-7-17(8-6-16)25-18(24)11-13-1-3-14(4-2-13)15-9-10-23-12-15/h1-8,15,23H,9-12H2. The molecular formula is C19H18F3NO2. The topological polar surface area (TPSA) is 38.3 Å². The van der Waals surface area contributed by atoms with Crippen LogP contribution in [0.5, 0.6) is 5.75 Å². The van der Waals surface area contributed by atoms with Crippen LogP contribution in [0.4, 0.5) is 13.2 Å². The normalized spacial score (nSPS) is 17.5. The number of hydrogen-bond donors (Lipinski definition) is 1. The van der Waals surface area contributed by atoms with Crippen molar-refractivity contribution in [3.63, 3.8) is 0 Å². The maximum absolute atomic E-state index is 12.5. The zero-order valence-electron chi connectivity index (χ0n) is 13.5. The second-order valence-corrected chi connectivity index (χ2v) is 6.10. The van der Waals surface area contributed by atoms with Gasteiger partial charge in [0.25, 0.3) is 0 Å². The average molecular weight is 349 g/mol. The minimum absolute atomic E-state index is 0.0736. The predicted molar refractivity (Wildman–Crippen MR) is 87.5 cm³/mol. The Morgan fingerprint density at radius 3 is 2.32 bits per heavy atom. The van der Waals surface area contributed by atoms with Crippen LogP contribution in [0.15, 0.2) is 48.5 Å². The molecule has 0 aliphatic carbocycles. The summed E-state index contributed by atoms with van der Waals surface area (Å²) in [5, 5.41) is 3.31. The Morgan fingerprint density at radius 2 is 1.76 bits per heavy atom. The van der Waals surface area contributed by atoms with Crippen LogP contribution >= 0.6 is 0 Å². The van der Waals surface area contributed by atoms with E-state index in [9.17, 15) is 18.0 Å². The molecule has 0 spiro atoms. The van der Waals surface area contributed by atoms with Gasteiger partial charge in [-0.15, -0.1) is 0 Å². The smallest absolute Gasteiger partial charge is 0.416 e. The van der Waals surface area contributed by atoms with Gasteiger partial charge in [0.2, 0.25) is 0 Å². The van der Waals surface area contributed by atoms with E-state index in [1.54, 1.807) is 0 Å². The second kappa shape index (κ2) is 7.27. The van der Waals surface area contributed by atoms with Crippen LogP contribution in [0.1, 0.15) is 29.0 Å². The molecule has 132 valence electrons. The van der Waals surface area contributed by atoms with Crippen LogP contribution < -0.4 is 10.1 Å². The Bertz CT molecular complexity index is 718. The first-order valence-corrected chi connectivity index (χ1v) is 8.09. The van der Waals surface area contributed by atoms with Crippen LogP contribution in [0, 0.1) is 0 Å². The molecule has 1 heterocycles. The molecule has 3 rings (SSSR count).